The molecule has 6 nitrogen and oxygen atoms in total. The second kappa shape index (κ2) is 6.48. The van der Waals surface area contributed by atoms with E-state index in [-0.39, 0.29) is 0 Å². The minimum absolute atomic E-state index is 0.303. The predicted molar refractivity (Wildman–Crippen MR) is 89.5 cm³/mol. The van der Waals surface area contributed by atoms with E-state index in [9.17, 15) is 0 Å². The van der Waals surface area contributed by atoms with Gasteiger partial charge in [-0.05, 0) is 40.9 Å². The summed E-state index contributed by atoms with van der Waals surface area (Å²) in [6, 6.07) is 4.13. The molecule has 1 saturated heterocycles. The maximum absolute atomic E-state index is 5.12. The lowest BCUT2D eigenvalue weighted by molar-refractivity contribution is 0.397. The quantitative estimate of drug-likeness (QED) is 0.900. The molecule has 1 unspecified atom stereocenters. The molecule has 2 aromatic heterocycles. The monoisotopic (exact) mass is 363 g/mol. The van der Waals surface area contributed by atoms with Gasteiger partial charge in [0.2, 0.25) is 11.8 Å². The summed E-state index contributed by atoms with van der Waals surface area (Å²) in [5, 5.41) is 3.37. The van der Waals surface area contributed by atoms with Crippen LogP contribution in [0.1, 0.15) is 12.0 Å². The van der Waals surface area contributed by atoms with Crippen molar-refractivity contribution < 1.29 is 4.74 Å². The molecule has 1 aliphatic rings. The Kier molecular flexibility index (Phi) is 4.42. The first-order valence-electron chi connectivity index (χ1n) is 7.16. The fourth-order valence-electron chi connectivity index (χ4n) is 2.64. The highest BCUT2D eigenvalue weighted by Crippen LogP contribution is 2.25. The van der Waals surface area contributed by atoms with Crippen molar-refractivity contribution >= 4 is 27.7 Å². The predicted octanol–water partition coefficient (Wildman–Crippen LogP) is 2.64. The van der Waals surface area contributed by atoms with Gasteiger partial charge in [0.05, 0.1) is 7.11 Å². The van der Waals surface area contributed by atoms with Gasteiger partial charge in [0.25, 0.3) is 0 Å². The third kappa shape index (κ3) is 3.30. The van der Waals surface area contributed by atoms with Gasteiger partial charge in [0.1, 0.15) is 5.82 Å². The van der Waals surface area contributed by atoms with Crippen LogP contribution in [-0.4, -0.2) is 41.2 Å². The van der Waals surface area contributed by atoms with Crippen molar-refractivity contribution in [2.75, 3.05) is 30.4 Å². The molecule has 2 aromatic rings. The molecule has 0 aromatic carbocycles. The van der Waals surface area contributed by atoms with Crippen LogP contribution in [0.3, 0.4) is 0 Å². The van der Waals surface area contributed by atoms with Crippen LogP contribution >= 0.6 is 15.9 Å². The van der Waals surface area contributed by atoms with Gasteiger partial charge in [0.15, 0.2) is 0 Å². The van der Waals surface area contributed by atoms with E-state index >= 15 is 0 Å². The molecule has 0 aliphatic carbocycles. The van der Waals surface area contributed by atoms with Crippen LogP contribution in [0.15, 0.2) is 29.0 Å². The Bertz CT molecular complexity index is 666. The van der Waals surface area contributed by atoms with Gasteiger partial charge in [-0.25, -0.2) is 9.97 Å². The van der Waals surface area contributed by atoms with Crippen LogP contribution < -0.4 is 15.0 Å². The van der Waals surface area contributed by atoms with Gasteiger partial charge < -0.3 is 15.0 Å². The molecule has 1 N–H and O–H groups in total. The maximum Gasteiger partial charge on any atom is 0.226 e. The molecule has 0 radical (unpaired) electrons. The van der Waals surface area contributed by atoms with Gasteiger partial charge in [-0.3, -0.25) is 0 Å². The molecule has 116 valence electrons. The van der Waals surface area contributed by atoms with Gasteiger partial charge in [-0.15, -0.1) is 0 Å². The lowest BCUT2D eigenvalue weighted by Gasteiger charge is -2.20. The van der Waals surface area contributed by atoms with E-state index in [4.69, 9.17) is 4.74 Å². The number of pyridine rings is 1. The number of halogens is 1. The Labute approximate surface area is 138 Å². The Hall–Kier alpha value is -1.89. The number of aryl methyl sites for hydroxylation is 1. The zero-order valence-corrected chi connectivity index (χ0v) is 14.2. The van der Waals surface area contributed by atoms with Crippen LogP contribution in [0, 0.1) is 6.92 Å². The number of ether oxygens (including phenoxy) is 1. The minimum atomic E-state index is 0.303. The second-order valence-corrected chi connectivity index (χ2v) is 6.21. The number of nitrogens with one attached hydrogen (secondary N) is 1. The summed E-state index contributed by atoms with van der Waals surface area (Å²) in [7, 11) is 1.60. The lowest BCUT2D eigenvalue weighted by atomic mass is 10.2. The smallest absolute Gasteiger partial charge is 0.226 e. The third-order valence-corrected chi connectivity index (χ3v) is 4.11. The van der Waals surface area contributed by atoms with E-state index in [0.29, 0.717) is 17.9 Å². The fourth-order valence-corrected chi connectivity index (χ4v) is 3.09. The molecule has 3 heterocycles. The van der Waals surface area contributed by atoms with Gasteiger partial charge in [-0.2, -0.15) is 4.98 Å². The number of anilines is 2. The average Bonchev–Trinajstić information content (AvgIpc) is 2.95. The SMILES string of the molecule is COc1ccnc(NC2CCN(c3ncc(Br)cc3C)C2)n1. The largest absolute Gasteiger partial charge is 0.481 e. The first-order chi connectivity index (χ1) is 10.7. The standard InChI is InChI=1S/C15H18BrN5O/c1-10-7-11(16)8-18-14(10)21-6-4-12(9-21)19-15-17-5-3-13(20-15)22-2/h3,5,7-8,12H,4,6,9H2,1-2H3,(H,17,19,20). The van der Waals surface area contributed by atoms with Crippen molar-refractivity contribution in [3.8, 4) is 5.88 Å². The van der Waals surface area contributed by atoms with Gasteiger partial charge in [-0.1, -0.05) is 0 Å². The zero-order valence-electron chi connectivity index (χ0n) is 12.6. The van der Waals surface area contributed by atoms with Gasteiger partial charge in [0, 0.05) is 42.1 Å². The summed E-state index contributed by atoms with van der Waals surface area (Å²) < 4.78 is 6.13. The number of hydrogen-bond acceptors (Lipinski definition) is 6. The van der Waals surface area contributed by atoms with E-state index in [1.165, 1.54) is 5.56 Å². The van der Waals surface area contributed by atoms with E-state index in [1.54, 1.807) is 19.4 Å². The molecular formula is C15H18BrN5O. The van der Waals surface area contributed by atoms with Crippen LogP contribution in [0.2, 0.25) is 0 Å². The van der Waals surface area contributed by atoms with Crippen molar-refractivity contribution in [1.82, 2.24) is 15.0 Å². The molecule has 22 heavy (non-hydrogen) atoms. The molecule has 1 aliphatic heterocycles. The number of hydrogen-bond donors (Lipinski definition) is 1. The maximum atomic E-state index is 5.12. The van der Waals surface area contributed by atoms with E-state index in [0.717, 1.165) is 29.8 Å². The molecular weight excluding hydrogens is 346 g/mol. The number of aromatic nitrogens is 3. The van der Waals surface area contributed by atoms with Crippen LogP contribution in [0.4, 0.5) is 11.8 Å². The zero-order chi connectivity index (χ0) is 15.5. The highest BCUT2D eigenvalue weighted by Gasteiger charge is 2.25. The minimum Gasteiger partial charge on any atom is -0.481 e. The molecule has 7 heteroatoms. The number of methoxy groups -OCH3 is 1. The summed E-state index contributed by atoms with van der Waals surface area (Å²) in [6.07, 6.45) is 4.56. The Balaban J connectivity index is 1.67. The van der Waals surface area contributed by atoms with Crippen molar-refractivity contribution in [3.63, 3.8) is 0 Å². The molecule has 0 bridgehead atoms. The average molecular weight is 364 g/mol. The summed E-state index contributed by atoms with van der Waals surface area (Å²) >= 11 is 3.45. The highest BCUT2D eigenvalue weighted by atomic mass is 79.9. The van der Waals surface area contributed by atoms with Crippen LogP contribution in [-0.2, 0) is 0 Å². The first-order valence-corrected chi connectivity index (χ1v) is 7.95. The van der Waals surface area contributed by atoms with E-state index in [2.05, 4.69) is 54.1 Å². The molecule has 0 amide bonds. The summed E-state index contributed by atoms with van der Waals surface area (Å²) in [4.78, 5) is 15.4. The van der Waals surface area contributed by atoms with Crippen molar-refractivity contribution in [1.29, 1.82) is 0 Å². The van der Waals surface area contributed by atoms with Crippen molar-refractivity contribution in [2.24, 2.45) is 0 Å². The van der Waals surface area contributed by atoms with E-state index < -0.39 is 0 Å². The molecule has 0 saturated carbocycles. The summed E-state index contributed by atoms with van der Waals surface area (Å²) in [6.45, 7) is 3.94. The highest BCUT2D eigenvalue weighted by molar-refractivity contribution is 9.10. The Morgan fingerprint density at radius 1 is 1.41 bits per heavy atom. The number of rotatable bonds is 4. The summed E-state index contributed by atoms with van der Waals surface area (Å²) in [5.74, 6) is 2.21. The number of nitrogens with zero attached hydrogens (tertiary/aromatic N) is 4. The topological polar surface area (TPSA) is 63.2 Å². The molecule has 1 atom stereocenters. The van der Waals surface area contributed by atoms with Gasteiger partial charge >= 0.3 is 0 Å². The van der Waals surface area contributed by atoms with E-state index in [1.807, 2.05) is 6.20 Å². The Morgan fingerprint density at radius 3 is 3.05 bits per heavy atom. The normalized spacial score (nSPS) is 17.6. The fraction of sp³-hybridized carbons (Fsp3) is 0.400. The second-order valence-electron chi connectivity index (χ2n) is 5.29. The lowest BCUT2D eigenvalue weighted by Crippen LogP contribution is -2.27. The molecule has 3 rings (SSSR count). The summed E-state index contributed by atoms with van der Waals surface area (Å²) in [5.41, 5.74) is 1.17. The molecule has 1 fully saturated rings. The van der Waals surface area contributed by atoms with Crippen molar-refractivity contribution in [2.45, 2.75) is 19.4 Å². The van der Waals surface area contributed by atoms with Crippen LogP contribution in [0.25, 0.3) is 0 Å². The Morgan fingerprint density at radius 2 is 2.27 bits per heavy atom. The van der Waals surface area contributed by atoms with Crippen molar-refractivity contribution in [3.05, 3.63) is 34.6 Å². The third-order valence-electron chi connectivity index (χ3n) is 3.68. The molecule has 0 spiro atoms. The van der Waals surface area contributed by atoms with Crippen LogP contribution in [0.5, 0.6) is 5.88 Å². The first kappa shape index (κ1) is 15.0.